The number of aromatic nitrogens is 2. The highest BCUT2D eigenvalue weighted by Gasteiger charge is 2.35. The maximum Gasteiger partial charge on any atom is 0.358 e. The van der Waals surface area contributed by atoms with E-state index < -0.39 is 12.0 Å². The Labute approximate surface area is 225 Å². The number of methoxy groups -OCH3 is 2. The van der Waals surface area contributed by atoms with Crippen LogP contribution in [0.2, 0.25) is 0 Å². The zero-order valence-electron chi connectivity index (χ0n) is 21.6. The summed E-state index contributed by atoms with van der Waals surface area (Å²) in [5.74, 6) is 0.343. The first-order valence-electron chi connectivity index (χ1n) is 12.5. The monoisotopic (exact) mass is 532 g/mol. The number of benzene rings is 2. The van der Waals surface area contributed by atoms with Crippen LogP contribution in [0.15, 0.2) is 48.8 Å². The molecular weight excluding hydrogens is 504 g/mol. The third-order valence-corrected chi connectivity index (χ3v) is 6.62. The number of fused-ring (bicyclic) bond motifs is 8. The smallest absolute Gasteiger partial charge is 0.358 e. The first-order chi connectivity index (χ1) is 19.0. The molecule has 0 saturated carbocycles. The van der Waals surface area contributed by atoms with E-state index in [1.165, 1.54) is 26.6 Å². The van der Waals surface area contributed by atoms with Crippen molar-refractivity contribution in [1.29, 1.82) is 0 Å². The van der Waals surface area contributed by atoms with Crippen molar-refractivity contribution in [3.8, 4) is 17.2 Å². The molecule has 0 radical (unpaired) electrons. The fraction of sp³-hybridized carbons (Fsp3) is 0.321. The number of carbonyl (C=O) groups is 3. The van der Waals surface area contributed by atoms with Crippen LogP contribution in [0.4, 0.5) is 0 Å². The van der Waals surface area contributed by atoms with Gasteiger partial charge in [0.25, 0.3) is 11.8 Å². The fourth-order valence-corrected chi connectivity index (χ4v) is 4.73. The molecule has 6 rings (SSSR count). The SMILES string of the molecule is COC(=O)c1cnc(C(=O)N2CCc3cc4c(OC)cc3C2c2cccc(c2)OCCCNC(=O)CO4)cn1. The second-order valence-electron chi connectivity index (χ2n) is 9.04. The Kier molecular flexibility index (Phi) is 7.57. The van der Waals surface area contributed by atoms with Crippen LogP contribution in [-0.2, 0) is 16.0 Å². The third kappa shape index (κ3) is 5.47. The molecule has 0 saturated heterocycles. The van der Waals surface area contributed by atoms with Crippen LogP contribution in [0.1, 0.15) is 50.1 Å². The summed E-state index contributed by atoms with van der Waals surface area (Å²) in [6.45, 7) is 1.09. The standard InChI is InChI=1S/C28H28N4O7/c1-36-23-13-20-17-7-9-32(27(34)21-14-31-22(15-30-21)28(35)37-2)26(20)18-5-3-6-19(11-18)38-10-4-8-29-25(33)16-39-24(23)12-17/h3,5-6,11-15,26H,4,7-10,16H2,1-2H3,(H,29,33). The summed E-state index contributed by atoms with van der Waals surface area (Å²) in [4.78, 5) is 47.8. The van der Waals surface area contributed by atoms with Gasteiger partial charge in [-0.15, -0.1) is 0 Å². The molecule has 11 heteroatoms. The number of amides is 2. The number of hydrogen-bond donors (Lipinski definition) is 1. The molecular formula is C28H28N4O7. The van der Waals surface area contributed by atoms with Gasteiger partial charge in [0.1, 0.15) is 11.4 Å². The molecule has 1 aromatic heterocycles. The van der Waals surface area contributed by atoms with Gasteiger partial charge in [0.15, 0.2) is 23.8 Å². The summed E-state index contributed by atoms with van der Waals surface area (Å²) in [7, 11) is 2.78. The Morgan fingerprint density at radius 2 is 1.90 bits per heavy atom. The van der Waals surface area contributed by atoms with Crippen LogP contribution in [0.25, 0.3) is 0 Å². The molecule has 3 aliphatic rings. The van der Waals surface area contributed by atoms with Gasteiger partial charge in [0.05, 0.1) is 39.3 Å². The first-order valence-corrected chi connectivity index (χ1v) is 12.5. The maximum atomic E-state index is 13.8. The molecule has 1 N–H and O–H groups in total. The maximum absolute atomic E-state index is 13.8. The Bertz CT molecular complexity index is 1390. The van der Waals surface area contributed by atoms with E-state index in [-0.39, 0.29) is 29.8 Å². The molecule has 0 spiro atoms. The van der Waals surface area contributed by atoms with Crippen molar-refractivity contribution < 1.29 is 33.3 Å². The minimum atomic E-state index is -0.634. The molecule has 39 heavy (non-hydrogen) atoms. The highest BCUT2D eigenvalue weighted by atomic mass is 16.5. The highest BCUT2D eigenvalue weighted by molar-refractivity contribution is 5.93. The molecule has 0 aliphatic carbocycles. The van der Waals surface area contributed by atoms with Crippen LogP contribution in [0, 0.1) is 0 Å². The van der Waals surface area contributed by atoms with Crippen LogP contribution in [0.5, 0.6) is 17.2 Å². The van der Waals surface area contributed by atoms with E-state index in [0.717, 1.165) is 16.7 Å². The number of carbonyl (C=O) groups excluding carboxylic acids is 3. The molecule has 3 aromatic rings. The van der Waals surface area contributed by atoms with Crippen LogP contribution < -0.4 is 19.5 Å². The summed E-state index contributed by atoms with van der Waals surface area (Å²) in [6, 6.07) is 10.8. The number of rotatable bonds is 3. The molecule has 2 amide bonds. The van der Waals surface area contributed by atoms with E-state index in [2.05, 4.69) is 20.0 Å². The first kappa shape index (κ1) is 26.0. The molecule has 11 nitrogen and oxygen atoms in total. The predicted octanol–water partition coefficient (Wildman–Crippen LogP) is 2.34. The summed E-state index contributed by atoms with van der Waals surface area (Å²) in [5.41, 5.74) is 2.77. The molecule has 0 fully saturated rings. The summed E-state index contributed by atoms with van der Waals surface area (Å²) >= 11 is 0. The van der Waals surface area contributed by atoms with E-state index in [1.807, 2.05) is 36.4 Å². The Hall–Kier alpha value is -4.67. The molecule has 4 heterocycles. The highest BCUT2D eigenvalue weighted by Crippen LogP contribution is 2.42. The number of hydrogen-bond acceptors (Lipinski definition) is 9. The summed E-state index contributed by atoms with van der Waals surface area (Å²) < 4.78 is 22.1. The lowest BCUT2D eigenvalue weighted by molar-refractivity contribution is -0.123. The van der Waals surface area contributed by atoms with Gasteiger partial charge >= 0.3 is 5.97 Å². The van der Waals surface area contributed by atoms with Gasteiger partial charge < -0.3 is 29.2 Å². The van der Waals surface area contributed by atoms with Crippen molar-refractivity contribution in [3.63, 3.8) is 0 Å². The second-order valence-corrected chi connectivity index (χ2v) is 9.04. The van der Waals surface area contributed by atoms with Gasteiger partial charge in [-0.25, -0.2) is 14.8 Å². The van der Waals surface area contributed by atoms with Crippen molar-refractivity contribution in [2.75, 3.05) is 40.5 Å². The van der Waals surface area contributed by atoms with Crippen molar-refractivity contribution in [1.82, 2.24) is 20.2 Å². The normalized spacial score (nSPS) is 16.9. The second kappa shape index (κ2) is 11.4. The van der Waals surface area contributed by atoms with E-state index >= 15 is 0 Å². The number of ether oxygens (including phenoxy) is 4. The molecule has 3 aliphatic heterocycles. The van der Waals surface area contributed by atoms with Crippen molar-refractivity contribution in [3.05, 3.63) is 76.9 Å². The molecule has 2 aromatic carbocycles. The average molecular weight is 533 g/mol. The summed E-state index contributed by atoms with van der Waals surface area (Å²) in [5, 5.41) is 2.83. The van der Waals surface area contributed by atoms with Gasteiger partial charge in [0, 0.05) is 13.1 Å². The van der Waals surface area contributed by atoms with Gasteiger partial charge in [-0.05, 0) is 53.8 Å². The lowest BCUT2D eigenvalue weighted by atomic mass is 9.87. The summed E-state index contributed by atoms with van der Waals surface area (Å²) in [6.07, 6.45) is 3.66. The van der Waals surface area contributed by atoms with E-state index in [9.17, 15) is 14.4 Å². The zero-order chi connectivity index (χ0) is 27.4. The molecule has 1 unspecified atom stereocenters. The predicted molar refractivity (Wildman–Crippen MR) is 138 cm³/mol. The van der Waals surface area contributed by atoms with Crippen molar-refractivity contribution in [2.24, 2.45) is 0 Å². The number of esters is 1. The lowest BCUT2D eigenvalue weighted by Gasteiger charge is -2.38. The minimum absolute atomic E-state index is 0.0125. The van der Waals surface area contributed by atoms with Crippen LogP contribution in [-0.4, -0.2) is 73.2 Å². The zero-order valence-corrected chi connectivity index (χ0v) is 21.6. The molecule has 6 bridgehead atoms. The van der Waals surface area contributed by atoms with Gasteiger partial charge in [0.2, 0.25) is 0 Å². The largest absolute Gasteiger partial charge is 0.494 e. The Morgan fingerprint density at radius 3 is 2.67 bits per heavy atom. The number of nitrogens with zero attached hydrogens (tertiary/aromatic N) is 3. The number of nitrogens with one attached hydrogen (secondary N) is 1. The van der Waals surface area contributed by atoms with Gasteiger partial charge in [-0.3, -0.25) is 9.59 Å². The van der Waals surface area contributed by atoms with E-state index in [4.69, 9.17) is 14.2 Å². The Morgan fingerprint density at radius 1 is 1.08 bits per heavy atom. The van der Waals surface area contributed by atoms with Gasteiger partial charge in [-0.2, -0.15) is 0 Å². The van der Waals surface area contributed by atoms with Crippen molar-refractivity contribution >= 4 is 17.8 Å². The minimum Gasteiger partial charge on any atom is -0.494 e. The third-order valence-electron chi connectivity index (χ3n) is 6.62. The average Bonchev–Trinajstić information content (AvgIpc) is 2.97. The van der Waals surface area contributed by atoms with Crippen LogP contribution >= 0.6 is 0 Å². The topological polar surface area (TPSA) is 129 Å². The van der Waals surface area contributed by atoms with Gasteiger partial charge in [-0.1, -0.05) is 12.1 Å². The van der Waals surface area contributed by atoms with E-state index in [1.54, 1.807) is 4.90 Å². The lowest BCUT2D eigenvalue weighted by Crippen LogP contribution is -2.41. The van der Waals surface area contributed by atoms with E-state index in [0.29, 0.717) is 49.8 Å². The van der Waals surface area contributed by atoms with Crippen molar-refractivity contribution in [2.45, 2.75) is 18.9 Å². The fourth-order valence-electron chi connectivity index (χ4n) is 4.73. The van der Waals surface area contributed by atoms with Crippen LogP contribution in [0.3, 0.4) is 0 Å². The molecule has 202 valence electrons. The molecule has 1 atom stereocenters. The Balaban J connectivity index is 1.59. The quantitative estimate of drug-likeness (QED) is 0.505.